The molecule has 1 atom stereocenters. The van der Waals surface area contributed by atoms with E-state index in [0.29, 0.717) is 0 Å². The summed E-state index contributed by atoms with van der Waals surface area (Å²) in [5.74, 6) is -0.290. The van der Waals surface area contributed by atoms with Gasteiger partial charge in [0, 0.05) is 5.70 Å². The maximum atomic E-state index is 13.0. The molecule has 3 nitrogen and oxygen atoms in total. The molecule has 1 heterocycles. The van der Waals surface area contributed by atoms with Crippen molar-refractivity contribution in [1.29, 1.82) is 0 Å². The maximum Gasteiger partial charge on any atom is 0.319 e. The largest absolute Gasteiger partial charge is 0.327 e. The lowest BCUT2D eigenvalue weighted by molar-refractivity contribution is 0.241. The molecular formula is C16H13FN2O. The van der Waals surface area contributed by atoms with Crippen molar-refractivity contribution in [3.8, 4) is 0 Å². The highest BCUT2D eigenvalue weighted by molar-refractivity contribution is 5.88. The van der Waals surface area contributed by atoms with Crippen LogP contribution in [0.3, 0.4) is 0 Å². The number of nitrogens with one attached hydrogen (secondary N) is 2. The van der Waals surface area contributed by atoms with E-state index in [1.165, 1.54) is 12.1 Å². The number of hydrogen-bond acceptors (Lipinski definition) is 1. The molecule has 0 saturated heterocycles. The van der Waals surface area contributed by atoms with Crippen LogP contribution in [0.4, 0.5) is 9.18 Å². The Balaban J connectivity index is 1.95. The van der Waals surface area contributed by atoms with E-state index in [1.807, 2.05) is 36.4 Å². The molecule has 100 valence electrons. The second kappa shape index (κ2) is 5.17. The molecule has 20 heavy (non-hydrogen) atoms. The Morgan fingerprint density at radius 3 is 2.35 bits per heavy atom. The van der Waals surface area contributed by atoms with E-state index >= 15 is 0 Å². The molecule has 1 aliphatic heterocycles. The lowest BCUT2D eigenvalue weighted by atomic mass is 10.0. The van der Waals surface area contributed by atoms with Gasteiger partial charge in [-0.2, -0.15) is 0 Å². The summed E-state index contributed by atoms with van der Waals surface area (Å²) in [5, 5.41) is 5.58. The van der Waals surface area contributed by atoms with Gasteiger partial charge in [0.1, 0.15) is 5.82 Å². The summed E-state index contributed by atoms with van der Waals surface area (Å²) in [5.41, 5.74) is 2.54. The first kappa shape index (κ1) is 12.4. The van der Waals surface area contributed by atoms with Gasteiger partial charge in [-0.3, -0.25) is 0 Å². The number of amides is 2. The Labute approximate surface area is 116 Å². The van der Waals surface area contributed by atoms with Gasteiger partial charge in [-0.05, 0) is 29.3 Å². The first-order valence-electron chi connectivity index (χ1n) is 6.32. The van der Waals surface area contributed by atoms with Gasteiger partial charge in [0.2, 0.25) is 0 Å². The van der Waals surface area contributed by atoms with Gasteiger partial charge in [0.25, 0.3) is 0 Å². The summed E-state index contributed by atoms with van der Waals surface area (Å²) in [6, 6.07) is 15.2. The average molecular weight is 268 g/mol. The average Bonchev–Trinajstić information content (AvgIpc) is 2.48. The lowest BCUT2D eigenvalue weighted by Crippen LogP contribution is -2.40. The van der Waals surface area contributed by atoms with E-state index in [0.717, 1.165) is 16.8 Å². The highest BCUT2D eigenvalue weighted by atomic mass is 19.1. The zero-order valence-corrected chi connectivity index (χ0v) is 10.6. The van der Waals surface area contributed by atoms with Crippen LogP contribution in [-0.4, -0.2) is 6.03 Å². The second-order valence-electron chi connectivity index (χ2n) is 4.57. The quantitative estimate of drug-likeness (QED) is 0.862. The van der Waals surface area contributed by atoms with Crippen molar-refractivity contribution in [2.45, 2.75) is 6.04 Å². The van der Waals surface area contributed by atoms with Crippen molar-refractivity contribution in [2.75, 3.05) is 0 Å². The Morgan fingerprint density at radius 1 is 0.950 bits per heavy atom. The summed E-state index contributed by atoms with van der Waals surface area (Å²) >= 11 is 0. The molecular weight excluding hydrogens is 255 g/mol. The van der Waals surface area contributed by atoms with Gasteiger partial charge < -0.3 is 10.6 Å². The molecule has 1 aliphatic rings. The van der Waals surface area contributed by atoms with E-state index < -0.39 is 0 Å². The smallest absolute Gasteiger partial charge is 0.319 e. The van der Waals surface area contributed by atoms with Crippen molar-refractivity contribution < 1.29 is 9.18 Å². The minimum absolute atomic E-state index is 0.263. The minimum Gasteiger partial charge on any atom is -0.327 e. The molecule has 4 heteroatoms. The fraction of sp³-hybridized carbons (Fsp3) is 0.0625. The van der Waals surface area contributed by atoms with Crippen LogP contribution in [0.2, 0.25) is 0 Å². The number of hydrogen-bond donors (Lipinski definition) is 2. The SMILES string of the molecule is O=C1NC(c2ccccc2)=CC(c2ccc(F)cc2)N1. The molecule has 3 rings (SSSR count). The van der Waals surface area contributed by atoms with Gasteiger partial charge in [-0.25, -0.2) is 9.18 Å². The van der Waals surface area contributed by atoms with Crippen molar-refractivity contribution in [1.82, 2.24) is 10.6 Å². The number of halogens is 1. The Hall–Kier alpha value is -2.62. The molecule has 0 fully saturated rings. The van der Waals surface area contributed by atoms with E-state index in [9.17, 15) is 9.18 Å². The molecule has 2 aromatic rings. The number of rotatable bonds is 2. The molecule has 2 aromatic carbocycles. The minimum atomic E-state index is -0.290. The standard InChI is InChI=1S/C16H13FN2O/c17-13-8-6-12(7-9-13)15-10-14(18-16(20)19-15)11-4-2-1-3-5-11/h1-10,15H,(H2,18,19,20). The molecule has 2 amide bonds. The van der Waals surface area contributed by atoms with Gasteiger partial charge >= 0.3 is 6.03 Å². The third kappa shape index (κ3) is 2.54. The number of carbonyl (C=O) groups excluding carboxylic acids is 1. The molecule has 0 bridgehead atoms. The van der Waals surface area contributed by atoms with Gasteiger partial charge in [0.15, 0.2) is 0 Å². The van der Waals surface area contributed by atoms with Crippen LogP contribution in [0.25, 0.3) is 5.70 Å². The van der Waals surface area contributed by atoms with Crippen molar-refractivity contribution in [2.24, 2.45) is 0 Å². The predicted octanol–water partition coefficient (Wildman–Crippen LogP) is 3.22. The molecule has 2 N–H and O–H groups in total. The van der Waals surface area contributed by atoms with Crippen LogP contribution in [0.1, 0.15) is 17.2 Å². The first-order chi connectivity index (χ1) is 9.72. The van der Waals surface area contributed by atoms with E-state index in [-0.39, 0.29) is 17.9 Å². The first-order valence-corrected chi connectivity index (χ1v) is 6.32. The summed E-state index contributed by atoms with van der Waals surface area (Å²) in [6.45, 7) is 0. The Morgan fingerprint density at radius 2 is 1.65 bits per heavy atom. The van der Waals surface area contributed by atoms with Crippen LogP contribution in [0.15, 0.2) is 60.7 Å². The summed E-state index contributed by atoms with van der Waals surface area (Å²) < 4.78 is 13.0. The fourth-order valence-electron chi connectivity index (χ4n) is 2.19. The third-order valence-electron chi connectivity index (χ3n) is 3.18. The third-order valence-corrected chi connectivity index (χ3v) is 3.18. The topological polar surface area (TPSA) is 41.1 Å². The normalized spacial score (nSPS) is 17.9. The maximum absolute atomic E-state index is 13.0. The highest BCUT2D eigenvalue weighted by Gasteiger charge is 2.20. The van der Waals surface area contributed by atoms with E-state index in [1.54, 1.807) is 12.1 Å². The van der Waals surface area contributed by atoms with Crippen molar-refractivity contribution in [3.63, 3.8) is 0 Å². The highest BCUT2D eigenvalue weighted by Crippen LogP contribution is 2.23. The van der Waals surface area contributed by atoms with Crippen LogP contribution in [0, 0.1) is 5.82 Å². The Kier molecular flexibility index (Phi) is 3.21. The molecule has 0 aliphatic carbocycles. The summed E-state index contributed by atoms with van der Waals surface area (Å²) in [6.07, 6.45) is 1.92. The van der Waals surface area contributed by atoms with Crippen LogP contribution < -0.4 is 10.6 Å². The summed E-state index contributed by atoms with van der Waals surface area (Å²) in [4.78, 5) is 11.8. The van der Waals surface area contributed by atoms with Gasteiger partial charge in [-0.15, -0.1) is 0 Å². The van der Waals surface area contributed by atoms with Gasteiger partial charge in [0.05, 0.1) is 6.04 Å². The number of benzene rings is 2. The zero-order chi connectivity index (χ0) is 13.9. The van der Waals surface area contributed by atoms with Crippen LogP contribution in [-0.2, 0) is 0 Å². The van der Waals surface area contributed by atoms with E-state index in [2.05, 4.69) is 10.6 Å². The van der Waals surface area contributed by atoms with Crippen molar-refractivity contribution >= 4 is 11.7 Å². The summed E-state index contributed by atoms with van der Waals surface area (Å²) in [7, 11) is 0. The molecule has 0 radical (unpaired) electrons. The van der Waals surface area contributed by atoms with Crippen LogP contribution in [0.5, 0.6) is 0 Å². The molecule has 0 spiro atoms. The zero-order valence-electron chi connectivity index (χ0n) is 10.6. The number of carbonyl (C=O) groups is 1. The van der Waals surface area contributed by atoms with Gasteiger partial charge in [-0.1, -0.05) is 42.5 Å². The predicted molar refractivity (Wildman–Crippen MR) is 75.2 cm³/mol. The number of urea groups is 1. The molecule has 0 saturated carbocycles. The lowest BCUT2D eigenvalue weighted by Gasteiger charge is -2.24. The fourth-order valence-corrected chi connectivity index (χ4v) is 2.19. The van der Waals surface area contributed by atoms with E-state index in [4.69, 9.17) is 0 Å². The second-order valence-corrected chi connectivity index (χ2v) is 4.57. The molecule has 0 aromatic heterocycles. The molecule has 1 unspecified atom stereocenters. The Bertz CT molecular complexity index is 650. The monoisotopic (exact) mass is 268 g/mol. The van der Waals surface area contributed by atoms with Crippen LogP contribution >= 0.6 is 0 Å². The van der Waals surface area contributed by atoms with Crippen molar-refractivity contribution in [3.05, 3.63) is 77.6 Å².